The number of hydrogen-bond donors (Lipinski definition) is 1. The van der Waals surface area contributed by atoms with Gasteiger partial charge < -0.3 is 10.3 Å². The summed E-state index contributed by atoms with van der Waals surface area (Å²) in [4.78, 5) is 5.97. The normalized spacial score (nSPS) is 26.1. The van der Waals surface area contributed by atoms with Gasteiger partial charge in [0.1, 0.15) is 0 Å². The number of nitrogens with two attached hydrogens (primary N) is 1. The maximum atomic E-state index is 6.51. The van der Waals surface area contributed by atoms with Crippen LogP contribution in [0.25, 0.3) is 0 Å². The summed E-state index contributed by atoms with van der Waals surface area (Å²) in [5.41, 5.74) is 6.12. The molecule has 2 heterocycles. The zero-order valence-electron chi connectivity index (χ0n) is 12.5. The van der Waals surface area contributed by atoms with Crippen molar-refractivity contribution in [3.8, 4) is 0 Å². The Morgan fingerprint density at radius 2 is 2.38 bits per heavy atom. The molecule has 2 unspecified atom stereocenters. The number of rotatable bonds is 5. The molecule has 21 heavy (non-hydrogen) atoms. The third kappa shape index (κ3) is 3.52. The zero-order valence-corrected chi connectivity index (χ0v) is 13.4. The van der Waals surface area contributed by atoms with Crippen LogP contribution < -0.4 is 5.73 Å². The maximum Gasteiger partial charge on any atom is 0.226 e. The van der Waals surface area contributed by atoms with Crippen LogP contribution in [0.5, 0.6) is 0 Å². The largest absolute Gasteiger partial charge is 0.339 e. The molecule has 1 fully saturated rings. The number of nitrogens with zero attached hydrogens (tertiary/aromatic N) is 2. The van der Waals surface area contributed by atoms with E-state index in [4.69, 9.17) is 10.3 Å². The quantitative estimate of drug-likeness (QED) is 0.915. The Morgan fingerprint density at radius 3 is 3.14 bits per heavy atom. The summed E-state index contributed by atoms with van der Waals surface area (Å²) in [6.07, 6.45) is 7.27. The molecule has 0 amide bonds. The van der Waals surface area contributed by atoms with Crippen LogP contribution >= 0.6 is 11.3 Å². The van der Waals surface area contributed by atoms with Crippen LogP contribution in [0.3, 0.4) is 0 Å². The Morgan fingerprint density at radius 1 is 1.48 bits per heavy atom. The predicted octanol–water partition coefficient (Wildman–Crippen LogP) is 3.67. The molecule has 0 aliphatic heterocycles. The lowest BCUT2D eigenvalue weighted by Crippen LogP contribution is -2.42. The summed E-state index contributed by atoms with van der Waals surface area (Å²) < 4.78 is 5.40. The fourth-order valence-electron chi connectivity index (χ4n) is 3.22. The molecule has 0 spiro atoms. The van der Waals surface area contributed by atoms with Gasteiger partial charge in [0.25, 0.3) is 0 Å². The first-order chi connectivity index (χ1) is 10.2. The van der Waals surface area contributed by atoms with Gasteiger partial charge in [0.05, 0.1) is 5.54 Å². The van der Waals surface area contributed by atoms with E-state index in [1.54, 1.807) is 11.3 Å². The number of aromatic nitrogens is 2. The Bertz CT molecular complexity index is 566. The van der Waals surface area contributed by atoms with E-state index in [0.29, 0.717) is 11.7 Å². The third-order valence-electron chi connectivity index (χ3n) is 4.34. The highest BCUT2D eigenvalue weighted by molar-refractivity contribution is 7.09. The van der Waals surface area contributed by atoms with Gasteiger partial charge in [0.2, 0.25) is 5.89 Å². The highest BCUT2D eigenvalue weighted by Gasteiger charge is 2.36. The summed E-state index contributed by atoms with van der Waals surface area (Å²) in [7, 11) is 0. The van der Waals surface area contributed by atoms with Crippen LogP contribution in [0.1, 0.15) is 55.6 Å². The first kappa shape index (κ1) is 14.7. The monoisotopic (exact) mass is 305 g/mol. The van der Waals surface area contributed by atoms with Gasteiger partial charge in [-0.2, -0.15) is 4.98 Å². The SMILES string of the molecule is CC1CCCC(N)(c2noc(CCCc3cccs3)n2)C1. The molecule has 0 saturated heterocycles. The van der Waals surface area contributed by atoms with Gasteiger partial charge in [0.15, 0.2) is 5.82 Å². The van der Waals surface area contributed by atoms with E-state index in [-0.39, 0.29) is 5.54 Å². The second kappa shape index (κ2) is 6.28. The molecular weight excluding hydrogens is 282 g/mol. The van der Waals surface area contributed by atoms with Crippen molar-refractivity contribution in [3.63, 3.8) is 0 Å². The molecule has 2 N–H and O–H groups in total. The highest BCUT2D eigenvalue weighted by atomic mass is 32.1. The Kier molecular flexibility index (Phi) is 4.40. The van der Waals surface area contributed by atoms with Crippen molar-refractivity contribution in [3.05, 3.63) is 34.1 Å². The van der Waals surface area contributed by atoms with E-state index in [1.165, 1.54) is 11.3 Å². The van der Waals surface area contributed by atoms with Gasteiger partial charge in [-0.3, -0.25) is 0 Å². The lowest BCUT2D eigenvalue weighted by atomic mass is 9.76. The van der Waals surface area contributed by atoms with Gasteiger partial charge in [-0.15, -0.1) is 11.3 Å². The van der Waals surface area contributed by atoms with E-state index in [2.05, 4.69) is 34.6 Å². The lowest BCUT2D eigenvalue weighted by Gasteiger charge is -2.33. The molecule has 4 nitrogen and oxygen atoms in total. The second-order valence-corrected chi connectivity index (χ2v) is 7.33. The molecule has 114 valence electrons. The minimum atomic E-state index is -0.382. The minimum Gasteiger partial charge on any atom is -0.339 e. The van der Waals surface area contributed by atoms with E-state index in [1.807, 2.05) is 0 Å². The number of aryl methyl sites for hydroxylation is 2. The average Bonchev–Trinajstić information content (AvgIpc) is 3.10. The molecule has 1 aliphatic rings. The van der Waals surface area contributed by atoms with Crippen molar-refractivity contribution >= 4 is 11.3 Å². The molecule has 2 aromatic rings. The second-order valence-electron chi connectivity index (χ2n) is 6.30. The van der Waals surface area contributed by atoms with E-state index in [0.717, 1.165) is 44.4 Å². The lowest BCUT2D eigenvalue weighted by molar-refractivity contribution is 0.221. The van der Waals surface area contributed by atoms with Gasteiger partial charge in [-0.05, 0) is 43.0 Å². The molecule has 1 saturated carbocycles. The standard InChI is InChI=1S/C16H23N3OS/c1-12-5-3-9-16(17,11-12)15-18-14(20-19-15)8-2-6-13-7-4-10-21-13/h4,7,10,12H,2-3,5-6,8-9,11,17H2,1H3. The predicted molar refractivity (Wildman–Crippen MR) is 84.1 cm³/mol. The smallest absolute Gasteiger partial charge is 0.226 e. The molecule has 0 bridgehead atoms. The summed E-state index contributed by atoms with van der Waals surface area (Å²) >= 11 is 1.80. The number of thiophene rings is 1. The Labute approximate surface area is 129 Å². The van der Waals surface area contributed by atoms with Gasteiger partial charge in [-0.1, -0.05) is 31.0 Å². The van der Waals surface area contributed by atoms with Crippen LogP contribution in [-0.4, -0.2) is 10.1 Å². The van der Waals surface area contributed by atoms with Gasteiger partial charge in [-0.25, -0.2) is 0 Å². The Hall–Kier alpha value is -1.20. The van der Waals surface area contributed by atoms with E-state index in [9.17, 15) is 0 Å². The fraction of sp³-hybridized carbons (Fsp3) is 0.625. The van der Waals surface area contributed by atoms with Crippen LogP contribution in [-0.2, 0) is 18.4 Å². The zero-order chi connectivity index (χ0) is 14.7. The molecule has 2 atom stereocenters. The van der Waals surface area contributed by atoms with Crippen LogP contribution in [0.4, 0.5) is 0 Å². The van der Waals surface area contributed by atoms with Gasteiger partial charge in [0, 0.05) is 11.3 Å². The molecule has 0 radical (unpaired) electrons. The first-order valence-corrected chi connectivity index (χ1v) is 8.68. The molecule has 5 heteroatoms. The molecule has 3 rings (SSSR count). The van der Waals surface area contributed by atoms with Crippen molar-refractivity contribution in [2.24, 2.45) is 11.7 Å². The van der Waals surface area contributed by atoms with Crippen LogP contribution in [0.15, 0.2) is 22.0 Å². The third-order valence-corrected chi connectivity index (χ3v) is 5.28. The van der Waals surface area contributed by atoms with Crippen molar-refractivity contribution in [1.82, 2.24) is 10.1 Å². The van der Waals surface area contributed by atoms with Crippen molar-refractivity contribution in [1.29, 1.82) is 0 Å². The van der Waals surface area contributed by atoms with Crippen molar-refractivity contribution in [2.75, 3.05) is 0 Å². The van der Waals surface area contributed by atoms with Gasteiger partial charge >= 0.3 is 0 Å². The van der Waals surface area contributed by atoms with Crippen LogP contribution in [0, 0.1) is 5.92 Å². The summed E-state index contributed by atoms with van der Waals surface area (Å²) in [5, 5.41) is 6.27. The summed E-state index contributed by atoms with van der Waals surface area (Å²) in [5.74, 6) is 2.08. The molecule has 0 aromatic carbocycles. The molecular formula is C16H23N3OS. The first-order valence-electron chi connectivity index (χ1n) is 7.80. The minimum absolute atomic E-state index is 0.382. The maximum absolute atomic E-state index is 6.51. The topological polar surface area (TPSA) is 64.9 Å². The van der Waals surface area contributed by atoms with E-state index < -0.39 is 0 Å². The average molecular weight is 305 g/mol. The van der Waals surface area contributed by atoms with Crippen molar-refractivity contribution in [2.45, 2.75) is 57.4 Å². The van der Waals surface area contributed by atoms with Crippen molar-refractivity contribution < 1.29 is 4.52 Å². The van der Waals surface area contributed by atoms with E-state index >= 15 is 0 Å². The molecule has 2 aromatic heterocycles. The summed E-state index contributed by atoms with van der Waals surface area (Å²) in [6.45, 7) is 2.25. The Balaban J connectivity index is 1.58. The molecule has 1 aliphatic carbocycles. The number of hydrogen-bond acceptors (Lipinski definition) is 5. The fourth-order valence-corrected chi connectivity index (χ4v) is 3.97. The highest BCUT2D eigenvalue weighted by Crippen LogP contribution is 2.36. The van der Waals surface area contributed by atoms with Crippen LogP contribution in [0.2, 0.25) is 0 Å². The summed E-state index contributed by atoms with van der Waals surface area (Å²) in [6, 6.07) is 4.26.